The predicted octanol–water partition coefficient (Wildman–Crippen LogP) is 3.99. The quantitative estimate of drug-likeness (QED) is 0.619. The number of hydrogen-bond donors (Lipinski definition) is 1. The van der Waals surface area contributed by atoms with Crippen LogP contribution in [0.3, 0.4) is 0 Å². The molecule has 9 heteroatoms. The van der Waals surface area contributed by atoms with Gasteiger partial charge in [0.2, 0.25) is 6.79 Å². The number of nitrogens with zero attached hydrogens (tertiary/aromatic N) is 2. The SMILES string of the molecule is CCOC(=O)c1cnn(-c2ccc(C(=O)Nc3cc4c(cc3Cl)OCO4)cc2)c1C. The second-order valence-corrected chi connectivity index (χ2v) is 6.87. The van der Waals surface area contributed by atoms with E-state index in [1.165, 1.54) is 6.20 Å². The molecule has 1 aromatic heterocycles. The third kappa shape index (κ3) is 3.69. The van der Waals surface area contributed by atoms with Crippen LogP contribution < -0.4 is 14.8 Å². The Morgan fingerprint density at radius 1 is 1.20 bits per heavy atom. The molecule has 0 saturated heterocycles. The molecule has 0 unspecified atom stereocenters. The molecule has 8 nitrogen and oxygen atoms in total. The predicted molar refractivity (Wildman–Crippen MR) is 110 cm³/mol. The first-order valence-electron chi connectivity index (χ1n) is 9.20. The van der Waals surface area contributed by atoms with Crippen molar-refractivity contribution in [2.45, 2.75) is 13.8 Å². The van der Waals surface area contributed by atoms with Gasteiger partial charge in [0.1, 0.15) is 5.56 Å². The van der Waals surface area contributed by atoms with Crippen LogP contribution in [0.4, 0.5) is 5.69 Å². The van der Waals surface area contributed by atoms with E-state index in [9.17, 15) is 9.59 Å². The van der Waals surface area contributed by atoms with Gasteiger partial charge < -0.3 is 19.5 Å². The van der Waals surface area contributed by atoms with E-state index >= 15 is 0 Å². The third-order valence-electron chi connectivity index (χ3n) is 4.59. The summed E-state index contributed by atoms with van der Waals surface area (Å²) in [6.07, 6.45) is 1.47. The van der Waals surface area contributed by atoms with Crippen molar-refractivity contribution in [1.29, 1.82) is 0 Å². The van der Waals surface area contributed by atoms with E-state index < -0.39 is 5.97 Å². The first-order chi connectivity index (χ1) is 14.5. The molecule has 1 N–H and O–H groups in total. The highest BCUT2D eigenvalue weighted by atomic mass is 35.5. The summed E-state index contributed by atoms with van der Waals surface area (Å²) >= 11 is 6.21. The summed E-state index contributed by atoms with van der Waals surface area (Å²) in [6.45, 7) is 3.94. The summed E-state index contributed by atoms with van der Waals surface area (Å²) in [4.78, 5) is 24.6. The minimum Gasteiger partial charge on any atom is -0.462 e. The molecule has 2 heterocycles. The van der Waals surface area contributed by atoms with Crippen LogP contribution in [0.25, 0.3) is 5.69 Å². The van der Waals surface area contributed by atoms with E-state index in [-0.39, 0.29) is 12.7 Å². The molecule has 4 rings (SSSR count). The standard InChI is InChI=1S/C21H18ClN3O5/c1-3-28-21(27)15-10-23-25(12(15)2)14-6-4-13(5-7-14)20(26)24-17-9-19-18(8-16(17)22)29-11-30-19/h4-10H,3,11H2,1-2H3,(H,24,26). The molecule has 1 amide bonds. The fraction of sp³-hybridized carbons (Fsp3) is 0.190. The highest BCUT2D eigenvalue weighted by Gasteiger charge is 2.19. The summed E-state index contributed by atoms with van der Waals surface area (Å²) in [6, 6.07) is 10.0. The topological polar surface area (TPSA) is 91.7 Å². The molecular weight excluding hydrogens is 410 g/mol. The van der Waals surface area contributed by atoms with Crippen molar-refractivity contribution in [2.75, 3.05) is 18.7 Å². The number of halogens is 1. The smallest absolute Gasteiger partial charge is 0.341 e. The Bertz CT molecular complexity index is 1120. The second kappa shape index (κ2) is 8.08. The highest BCUT2D eigenvalue weighted by Crippen LogP contribution is 2.39. The monoisotopic (exact) mass is 427 g/mol. The molecule has 0 fully saturated rings. The van der Waals surface area contributed by atoms with Gasteiger partial charge in [-0.2, -0.15) is 5.10 Å². The van der Waals surface area contributed by atoms with Gasteiger partial charge in [0.05, 0.1) is 34.9 Å². The third-order valence-corrected chi connectivity index (χ3v) is 4.90. The van der Waals surface area contributed by atoms with Crippen molar-refractivity contribution in [2.24, 2.45) is 0 Å². The number of ether oxygens (including phenoxy) is 3. The van der Waals surface area contributed by atoms with Crippen molar-refractivity contribution in [1.82, 2.24) is 9.78 Å². The molecule has 0 saturated carbocycles. The Labute approximate surface area is 177 Å². The van der Waals surface area contributed by atoms with Gasteiger partial charge in [-0.05, 0) is 38.1 Å². The van der Waals surface area contributed by atoms with Gasteiger partial charge >= 0.3 is 5.97 Å². The Kier molecular flexibility index (Phi) is 5.33. The molecule has 154 valence electrons. The lowest BCUT2D eigenvalue weighted by atomic mass is 10.1. The number of aromatic nitrogens is 2. The van der Waals surface area contributed by atoms with E-state index in [4.69, 9.17) is 25.8 Å². The molecule has 0 radical (unpaired) electrons. The van der Waals surface area contributed by atoms with Crippen molar-refractivity contribution >= 4 is 29.2 Å². The summed E-state index contributed by atoms with van der Waals surface area (Å²) in [5.74, 6) is 0.320. The molecule has 30 heavy (non-hydrogen) atoms. The molecule has 1 aliphatic heterocycles. The summed E-state index contributed by atoms with van der Waals surface area (Å²) < 4.78 is 17.2. The number of nitrogens with one attached hydrogen (secondary N) is 1. The second-order valence-electron chi connectivity index (χ2n) is 6.46. The average Bonchev–Trinajstić information content (AvgIpc) is 3.34. The number of amides is 1. The van der Waals surface area contributed by atoms with Gasteiger partial charge in [-0.25, -0.2) is 9.48 Å². The van der Waals surface area contributed by atoms with Crippen molar-refractivity contribution in [3.63, 3.8) is 0 Å². The highest BCUT2D eigenvalue weighted by molar-refractivity contribution is 6.34. The number of carbonyl (C=O) groups excluding carboxylic acids is 2. The Morgan fingerprint density at radius 3 is 2.60 bits per heavy atom. The van der Waals surface area contributed by atoms with Crippen LogP contribution in [0.15, 0.2) is 42.6 Å². The summed E-state index contributed by atoms with van der Waals surface area (Å²) in [5, 5.41) is 7.37. The van der Waals surface area contributed by atoms with Crippen LogP contribution in [0.1, 0.15) is 33.3 Å². The zero-order valence-electron chi connectivity index (χ0n) is 16.3. The normalized spacial score (nSPS) is 12.0. The number of carbonyl (C=O) groups is 2. The van der Waals surface area contributed by atoms with Gasteiger partial charge in [0.25, 0.3) is 5.91 Å². The molecule has 2 aromatic carbocycles. The lowest BCUT2D eigenvalue weighted by Crippen LogP contribution is -2.12. The fourth-order valence-electron chi connectivity index (χ4n) is 3.04. The molecular formula is C21H18ClN3O5. The average molecular weight is 428 g/mol. The number of benzene rings is 2. The summed E-state index contributed by atoms with van der Waals surface area (Å²) in [5.41, 5.74) is 2.62. The maximum atomic E-state index is 12.6. The van der Waals surface area contributed by atoms with E-state index in [0.29, 0.717) is 51.3 Å². The lowest BCUT2D eigenvalue weighted by Gasteiger charge is -2.10. The van der Waals surface area contributed by atoms with Crippen LogP contribution >= 0.6 is 11.6 Å². The molecule has 0 aliphatic carbocycles. The van der Waals surface area contributed by atoms with E-state index in [0.717, 1.165) is 0 Å². The van der Waals surface area contributed by atoms with Gasteiger partial charge in [-0.15, -0.1) is 0 Å². The van der Waals surface area contributed by atoms with Crippen molar-refractivity contribution < 1.29 is 23.8 Å². The van der Waals surface area contributed by atoms with Crippen LogP contribution in [-0.4, -0.2) is 35.1 Å². The molecule has 1 aliphatic rings. The number of rotatable bonds is 5. The van der Waals surface area contributed by atoms with Crippen LogP contribution in [0, 0.1) is 6.92 Å². The first-order valence-corrected chi connectivity index (χ1v) is 9.58. The maximum Gasteiger partial charge on any atom is 0.341 e. The fourth-order valence-corrected chi connectivity index (χ4v) is 3.24. The largest absolute Gasteiger partial charge is 0.462 e. The maximum absolute atomic E-state index is 12.6. The molecule has 3 aromatic rings. The van der Waals surface area contributed by atoms with Gasteiger partial charge in [0, 0.05) is 17.7 Å². The van der Waals surface area contributed by atoms with Crippen molar-refractivity contribution in [3.05, 3.63) is 64.4 Å². The van der Waals surface area contributed by atoms with Crippen LogP contribution in [0.2, 0.25) is 5.02 Å². The number of fused-ring (bicyclic) bond motifs is 1. The number of esters is 1. The first kappa shape index (κ1) is 19.8. The number of anilines is 1. The van der Waals surface area contributed by atoms with Crippen LogP contribution in [0.5, 0.6) is 11.5 Å². The molecule has 0 spiro atoms. The van der Waals surface area contributed by atoms with Crippen molar-refractivity contribution in [3.8, 4) is 17.2 Å². The zero-order valence-corrected chi connectivity index (χ0v) is 17.0. The van der Waals surface area contributed by atoms with Gasteiger partial charge in [0.15, 0.2) is 11.5 Å². The Hall–Kier alpha value is -3.52. The minimum atomic E-state index is -0.419. The van der Waals surface area contributed by atoms with E-state index in [2.05, 4.69) is 10.4 Å². The Morgan fingerprint density at radius 2 is 1.90 bits per heavy atom. The summed E-state index contributed by atoms with van der Waals surface area (Å²) in [7, 11) is 0. The van der Waals surface area contributed by atoms with Gasteiger partial charge in [-0.3, -0.25) is 4.79 Å². The lowest BCUT2D eigenvalue weighted by molar-refractivity contribution is 0.0525. The van der Waals surface area contributed by atoms with Gasteiger partial charge in [-0.1, -0.05) is 11.6 Å². The molecule has 0 atom stereocenters. The molecule has 0 bridgehead atoms. The van der Waals surface area contributed by atoms with E-state index in [1.54, 1.807) is 54.9 Å². The zero-order chi connectivity index (χ0) is 21.3. The Balaban J connectivity index is 1.52. The minimum absolute atomic E-state index is 0.120. The van der Waals surface area contributed by atoms with Crippen LogP contribution in [-0.2, 0) is 4.74 Å². The number of hydrogen-bond acceptors (Lipinski definition) is 6. The van der Waals surface area contributed by atoms with E-state index in [1.807, 2.05) is 0 Å².